The third-order valence-corrected chi connectivity index (χ3v) is 5.14. The Balaban J connectivity index is 1.88. The minimum atomic E-state index is -0.365. The summed E-state index contributed by atoms with van der Waals surface area (Å²) in [5.74, 6) is 0.784. The molecule has 0 saturated carbocycles. The monoisotopic (exact) mass is 460 g/mol. The molecule has 0 aromatic heterocycles. The first-order valence-electron chi connectivity index (χ1n) is 10.5. The largest absolute Gasteiger partial charge is 0.493 e. The van der Waals surface area contributed by atoms with E-state index in [0.717, 1.165) is 5.56 Å². The third kappa shape index (κ3) is 6.14. The van der Waals surface area contributed by atoms with Gasteiger partial charge in [-0.15, -0.1) is 0 Å². The van der Waals surface area contributed by atoms with Crippen molar-refractivity contribution >= 4 is 12.0 Å². The van der Waals surface area contributed by atoms with Crippen LogP contribution >= 0.6 is 0 Å². The van der Waals surface area contributed by atoms with Crippen molar-refractivity contribution in [2.75, 3.05) is 21.3 Å². The Labute approximate surface area is 198 Å². The summed E-state index contributed by atoms with van der Waals surface area (Å²) in [5.41, 5.74) is 2.74. The summed E-state index contributed by atoms with van der Waals surface area (Å²) in [6.45, 7) is 0.511. The van der Waals surface area contributed by atoms with Crippen molar-refractivity contribution in [3.63, 3.8) is 0 Å². The van der Waals surface area contributed by atoms with E-state index in [9.17, 15) is 9.18 Å². The fourth-order valence-corrected chi connectivity index (χ4v) is 3.44. The zero-order valence-corrected chi connectivity index (χ0v) is 19.2. The first-order chi connectivity index (χ1) is 16.5. The average Bonchev–Trinajstić information content (AvgIpc) is 2.86. The minimum absolute atomic E-state index is 0.218. The van der Waals surface area contributed by atoms with E-state index in [1.54, 1.807) is 59.5 Å². The first kappa shape index (κ1) is 24.3. The molecule has 3 rings (SSSR count). The van der Waals surface area contributed by atoms with E-state index in [4.69, 9.17) is 19.5 Å². The minimum Gasteiger partial charge on any atom is -0.493 e. The number of methoxy groups -OCH3 is 3. The van der Waals surface area contributed by atoms with E-state index in [0.29, 0.717) is 40.5 Å². The normalized spacial score (nSPS) is 10.6. The van der Waals surface area contributed by atoms with Crippen LogP contribution in [0.15, 0.2) is 66.7 Å². The molecule has 0 atom stereocenters. The van der Waals surface area contributed by atoms with Crippen LogP contribution in [0.3, 0.4) is 0 Å². The molecule has 0 aliphatic heterocycles. The molecule has 0 saturated heterocycles. The lowest BCUT2D eigenvalue weighted by atomic mass is 10.1. The summed E-state index contributed by atoms with van der Waals surface area (Å²) in [4.78, 5) is 14.8. The molecule has 174 valence electrons. The van der Waals surface area contributed by atoms with Crippen molar-refractivity contribution in [2.24, 2.45) is 0 Å². The molecule has 3 aromatic carbocycles. The Morgan fingerprint density at radius 2 is 1.59 bits per heavy atom. The summed E-state index contributed by atoms with van der Waals surface area (Å²) in [6, 6.07) is 18.7. The van der Waals surface area contributed by atoms with Gasteiger partial charge in [0.25, 0.3) is 0 Å². The van der Waals surface area contributed by atoms with Crippen LogP contribution in [0.2, 0.25) is 0 Å². The lowest BCUT2D eigenvalue weighted by molar-refractivity contribution is -0.127. The van der Waals surface area contributed by atoms with E-state index in [-0.39, 0.29) is 18.3 Å². The Morgan fingerprint density at radius 1 is 0.941 bits per heavy atom. The van der Waals surface area contributed by atoms with E-state index < -0.39 is 0 Å². The lowest BCUT2D eigenvalue weighted by Gasteiger charge is -2.22. The molecule has 3 aromatic rings. The van der Waals surface area contributed by atoms with E-state index in [2.05, 4.69) is 6.07 Å². The second kappa shape index (κ2) is 11.5. The van der Waals surface area contributed by atoms with Crippen LogP contribution in [-0.2, 0) is 17.9 Å². The fourth-order valence-electron chi connectivity index (χ4n) is 3.44. The van der Waals surface area contributed by atoms with Crippen LogP contribution in [-0.4, -0.2) is 32.1 Å². The molecule has 0 heterocycles. The molecular weight excluding hydrogens is 435 g/mol. The van der Waals surface area contributed by atoms with Gasteiger partial charge in [0.15, 0.2) is 11.5 Å². The number of ether oxygens (including phenoxy) is 3. The molecular formula is C27H25FN2O4. The van der Waals surface area contributed by atoms with Gasteiger partial charge in [-0.1, -0.05) is 24.3 Å². The molecule has 0 spiro atoms. The second-order valence-electron chi connectivity index (χ2n) is 7.42. The Bertz CT molecular complexity index is 1190. The number of nitrogens with zero attached hydrogens (tertiary/aromatic N) is 2. The number of hydrogen-bond acceptors (Lipinski definition) is 5. The van der Waals surface area contributed by atoms with Crippen LogP contribution < -0.4 is 14.2 Å². The van der Waals surface area contributed by atoms with E-state index in [1.165, 1.54) is 39.5 Å². The van der Waals surface area contributed by atoms with Crippen LogP contribution in [0.25, 0.3) is 6.08 Å². The maximum absolute atomic E-state index is 13.7. The number of rotatable bonds is 9. The van der Waals surface area contributed by atoms with Gasteiger partial charge < -0.3 is 19.1 Å². The van der Waals surface area contributed by atoms with Crippen LogP contribution in [0.4, 0.5) is 4.39 Å². The molecule has 0 N–H and O–H groups in total. The van der Waals surface area contributed by atoms with Gasteiger partial charge in [-0.05, 0) is 59.2 Å². The average molecular weight is 461 g/mol. The van der Waals surface area contributed by atoms with Gasteiger partial charge in [0.1, 0.15) is 5.82 Å². The molecule has 0 radical (unpaired) electrons. The Kier molecular flexibility index (Phi) is 8.25. The molecule has 0 fully saturated rings. The van der Waals surface area contributed by atoms with Crippen LogP contribution in [0, 0.1) is 17.1 Å². The topological polar surface area (TPSA) is 71.8 Å². The Hall–Kier alpha value is -4.31. The van der Waals surface area contributed by atoms with Crippen LogP contribution in [0.1, 0.15) is 22.3 Å². The molecule has 1 amide bonds. The van der Waals surface area contributed by atoms with Gasteiger partial charge >= 0.3 is 0 Å². The smallest absolute Gasteiger partial charge is 0.247 e. The van der Waals surface area contributed by atoms with Gasteiger partial charge in [0, 0.05) is 19.2 Å². The van der Waals surface area contributed by atoms with Gasteiger partial charge in [0.05, 0.1) is 33.0 Å². The van der Waals surface area contributed by atoms with Crippen LogP contribution in [0.5, 0.6) is 17.2 Å². The maximum atomic E-state index is 13.7. The summed E-state index contributed by atoms with van der Waals surface area (Å²) in [6.07, 6.45) is 3.10. The number of hydrogen-bond donors (Lipinski definition) is 0. The highest BCUT2D eigenvalue weighted by Crippen LogP contribution is 2.38. The molecule has 0 unspecified atom stereocenters. The fraction of sp³-hybridized carbons (Fsp3) is 0.185. The molecule has 0 aliphatic rings. The predicted octanol–water partition coefficient (Wildman–Crippen LogP) is 4.97. The molecule has 7 heteroatoms. The van der Waals surface area contributed by atoms with Gasteiger partial charge in [0.2, 0.25) is 11.7 Å². The van der Waals surface area contributed by atoms with Gasteiger partial charge in [-0.3, -0.25) is 4.79 Å². The standard InChI is InChI=1S/C27H25FN2O4/c1-32-24-14-21(15-25(33-2)27(24)34-3)11-12-26(31)30(18-22-5-4-6-23(28)13-22)17-20-9-7-19(16-29)8-10-20/h4-15H,17-18H2,1-3H3. The van der Waals surface area contributed by atoms with Crippen molar-refractivity contribution in [1.82, 2.24) is 4.90 Å². The van der Waals surface area contributed by atoms with Crippen molar-refractivity contribution in [3.05, 3.63) is 94.8 Å². The SMILES string of the molecule is COc1cc(C=CC(=O)N(Cc2ccc(C#N)cc2)Cc2cccc(F)c2)cc(OC)c1OC. The number of benzene rings is 3. The summed E-state index contributed by atoms with van der Waals surface area (Å²) in [7, 11) is 4.56. The quantitative estimate of drug-likeness (QED) is 0.422. The summed E-state index contributed by atoms with van der Waals surface area (Å²) >= 11 is 0. The number of carbonyl (C=O) groups excluding carboxylic acids is 1. The zero-order chi connectivity index (χ0) is 24.5. The van der Waals surface area contributed by atoms with Crippen molar-refractivity contribution < 1.29 is 23.4 Å². The van der Waals surface area contributed by atoms with E-state index >= 15 is 0 Å². The molecule has 34 heavy (non-hydrogen) atoms. The summed E-state index contributed by atoms with van der Waals surface area (Å²) in [5, 5.41) is 9.02. The number of nitriles is 1. The predicted molar refractivity (Wildman–Crippen MR) is 127 cm³/mol. The van der Waals surface area contributed by atoms with Crippen molar-refractivity contribution in [1.29, 1.82) is 5.26 Å². The highest BCUT2D eigenvalue weighted by molar-refractivity contribution is 5.92. The van der Waals surface area contributed by atoms with Gasteiger partial charge in [-0.25, -0.2) is 4.39 Å². The molecule has 0 bridgehead atoms. The molecule has 6 nitrogen and oxygen atoms in total. The number of amides is 1. The number of carbonyl (C=O) groups is 1. The second-order valence-corrected chi connectivity index (χ2v) is 7.42. The maximum Gasteiger partial charge on any atom is 0.247 e. The first-order valence-corrected chi connectivity index (χ1v) is 10.5. The highest BCUT2D eigenvalue weighted by atomic mass is 19.1. The lowest BCUT2D eigenvalue weighted by Crippen LogP contribution is -2.28. The van der Waals surface area contributed by atoms with E-state index in [1.807, 2.05) is 0 Å². The van der Waals surface area contributed by atoms with Gasteiger partial charge in [-0.2, -0.15) is 5.26 Å². The summed E-state index contributed by atoms with van der Waals surface area (Å²) < 4.78 is 29.8. The van der Waals surface area contributed by atoms with Crippen molar-refractivity contribution in [2.45, 2.75) is 13.1 Å². The highest BCUT2D eigenvalue weighted by Gasteiger charge is 2.15. The third-order valence-electron chi connectivity index (χ3n) is 5.14. The zero-order valence-electron chi connectivity index (χ0n) is 19.2. The number of halogens is 1. The Morgan fingerprint density at radius 3 is 2.15 bits per heavy atom. The molecule has 0 aliphatic carbocycles. The van der Waals surface area contributed by atoms with Crippen molar-refractivity contribution in [3.8, 4) is 23.3 Å².